The third-order valence-corrected chi connectivity index (χ3v) is 3.13. The highest BCUT2D eigenvalue weighted by Gasteiger charge is 1.91. The van der Waals surface area contributed by atoms with Gasteiger partial charge in [-0.15, -0.1) is 9.24 Å². The van der Waals surface area contributed by atoms with Gasteiger partial charge < -0.3 is 0 Å². The van der Waals surface area contributed by atoms with Crippen molar-refractivity contribution in [1.82, 2.24) is 0 Å². The van der Waals surface area contributed by atoms with E-state index in [0.717, 1.165) is 0 Å². The zero-order chi connectivity index (χ0) is 11.2. The standard InChI is InChI=1S/C14H29P/c1-2-3-4-5-6-7-8-9-10-11-12-13-14-15/h13-14H,2-12,15H2,1H3. The minimum absolute atomic E-state index is 1.26. The zero-order valence-electron chi connectivity index (χ0n) is 10.5. The average Bonchev–Trinajstić information content (AvgIpc) is 2.26. The minimum atomic E-state index is 1.26. The monoisotopic (exact) mass is 228 g/mol. The van der Waals surface area contributed by atoms with Crippen molar-refractivity contribution in [3.8, 4) is 0 Å². The first-order valence-corrected chi connectivity index (χ1v) is 7.45. The van der Waals surface area contributed by atoms with Crippen LogP contribution in [0.15, 0.2) is 11.9 Å². The lowest BCUT2D eigenvalue weighted by atomic mass is 10.1. The van der Waals surface area contributed by atoms with Crippen LogP contribution in [0.1, 0.15) is 77.6 Å². The fourth-order valence-electron chi connectivity index (χ4n) is 1.85. The quantitative estimate of drug-likeness (QED) is 0.315. The summed E-state index contributed by atoms with van der Waals surface area (Å²) in [5.41, 5.74) is 0. The van der Waals surface area contributed by atoms with Crippen LogP contribution in [0.25, 0.3) is 0 Å². The molecule has 0 radical (unpaired) electrons. The molecule has 0 fully saturated rings. The summed E-state index contributed by atoms with van der Waals surface area (Å²) in [5, 5.41) is 0. The highest BCUT2D eigenvalue weighted by atomic mass is 31.0. The number of rotatable bonds is 11. The van der Waals surface area contributed by atoms with E-state index in [-0.39, 0.29) is 0 Å². The molecule has 0 N–H and O–H groups in total. The van der Waals surface area contributed by atoms with Gasteiger partial charge in [-0.2, -0.15) is 0 Å². The van der Waals surface area contributed by atoms with Gasteiger partial charge in [0.25, 0.3) is 0 Å². The normalized spacial score (nSPS) is 11.3. The van der Waals surface area contributed by atoms with Crippen LogP contribution < -0.4 is 0 Å². The molecular formula is C14H29P. The van der Waals surface area contributed by atoms with Gasteiger partial charge in [0.15, 0.2) is 0 Å². The molecule has 0 bridgehead atoms. The van der Waals surface area contributed by atoms with E-state index in [2.05, 4.69) is 28.1 Å². The second kappa shape index (κ2) is 14.2. The summed E-state index contributed by atoms with van der Waals surface area (Å²) in [6.07, 6.45) is 17.8. The molecular weight excluding hydrogens is 199 g/mol. The first-order chi connectivity index (χ1) is 7.41. The van der Waals surface area contributed by atoms with Crippen LogP contribution in [0.3, 0.4) is 0 Å². The molecule has 0 aromatic carbocycles. The molecule has 15 heavy (non-hydrogen) atoms. The van der Waals surface area contributed by atoms with Crippen LogP contribution >= 0.6 is 9.24 Å². The number of hydrogen-bond acceptors (Lipinski definition) is 0. The molecule has 0 heterocycles. The largest absolute Gasteiger partial charge is 0.114 e. The third-order valence-electron chi connectivity index (χ3n) is 2.86. The Labute approximate surface area is 99.1 Å². The minimum Gasteiger partial charge on any atom is -0.114 e. The first kappa shape index (κ1) is 15.2. The summed E-state index contributed by atoms with van der Waals surface area (Å²) in [6, 6.07) is 0. The molecule has 1 heteroatoms. The van der Waals surface area contributed by atoms with E-state index >= 15 is 0 Å². The van der Waals surface area contributed by atoms with Gasteiger partial charge in [-0.05, 0) is 12.8 Å². The third kappa shape index (κ3) is 14.2. The van der Waals surface area contributed by atoms with Gasteiger partial charge in [0, 0.05) is 0 Å². The molecule has 1 atom stereocenters. The maximum absolute atomic E-state index is 2.63. The predicted molar refractivity (Wildman–Crippen MR) is 75.3 cm³/mol. The Bertz CT molecular complexity index is 129. The summed E-state index contributed by atoms with van der Waals surface area (Å²) >= 11 is 0. The van der Waals surface area contributed by atoms with E-state index in [9.17, 15) is 0 Å². The summed E-state index contributed by atoms with van der Waals surface area (Å²) in [4.78, 5) is 0. The first-order valence-electron chi connectivity index (χ1n) is 6.78. The molecule has 0 aliphatic heterocycles. The summed E-state index contributed by atoms with van der Waals surface area (Å²) in [5.74, 6) is 2.08. The fourth-order valence-corrected chi connectivity index (χ4v) is 2.04. The van der Waals surface area contributed by atoms with Crippen molar-refractivity contribution in [1.29, 1.82) is 0 Å². The van der Waals surface area contributed by atoms with Gasteiger partial charge in [-0.1, -0.05) is 76.6 Å². The number of hydrogen-bond donors (Lipinski definition) is 0. The van der Waals surface area contributed by atoms with Crippen LogP contribution in [0, 0.1) is 0 Å². The second-order valence-corrected chi connectivity index (χ2v) is 4.78. The predicted octanol–water partition coefficient (Wildman–Crippen LogP) is 5.69. The fraction of sp³-hybridized carbons (Fsp3) is 0.857. The molecule has 0 aromatic heterocycles. The maximum Gasteiger partial charge on any atom is -0.0347 e. The van der Waals surface area contributed by atoms with Crippen molar-refractivity contribution in [3.63, 3.8) is 0 Å². The van der Waals surface area contributed by atoms with E-state index in [1.807, 2.05) is 0 Å². The van der Waals surface area contributed by atoms with E-state index < -0.39 is 0 Å². The van der Waals surface area contributed by atoms with Crippen molar-refractivity contribution >= 4 is 9.24 Å². The second-order valence-electron chi connectivity index (χ2n) is 4.40. The lowest BCUT2D eigenvalue weighted by Gasteiger charge is -2.01. The Morgan fingerprint density at radius 1 is 0.733 bits per heavy atom. The smallest absolute Gasteiger partial charge is 0.0347 e. The summed E-state index contributed by atoms with van der Waals surface area (Å²) in [6.45, 7) is 2.28. The van der Waals surface area contributed by atoms with Crippen molar-refractivity contribution in [2.24, 2.45) is 0 Å². The van der Waals surface area contributed by atoms with Crippen molar-refractivity contribution < 1.29 is 0 Å². The Morgan fingerprint density at radius 2 is 1.20 bits per heavy atom. The van der Waals surface area contributed by atoms with E-state index in [4.69, 9.17) is 0 Å². The van der Waals surface area contributed by atoms with E-state index in [1.54, 1.807) is 0 Å². The van der Waals surface area contributed by atoms with Crippen LogP contribution in [-0.4, -0.2) is 0 Å². The van der Waals surface area contributed by atoms with E-state index in [0.29, 0.717) is 0 Å². The molecule has 0 rings (SSSR count). The van der Waals surface area contributed by atoms with Crippen LogP contribution in [0.5, 0.6) is 0 Å². The van der Waals surface area contributed by atoms with Gasteiger partial charge in [0.2, 0.25) is 0 Å². The number of unbranched alkanes of at least 4 members (excludes halogenated alkanes) is 10. The Morgan fingerprint density at radius 3 is 1.67 bits per heavy atom. The Kier molecular flexibility index (Phi) is 14.3. The highest BCUT2D eigenvalue weighted by molar-refractivity contribution is 7.20. The summed E-state index contributed by atoms with van der Waals surface area (Å²) in [7, 11) is 2.63. The zero-order valence-corrected chi connectivity index (χ0v) is 11.7. The molecule has 0 aromatic rings. The van der Waals surface area contributed by atoms with Gasteiger partial charge in [0.1, 0.15) is 0 Å². The molecule has 0 aliphatic carbocycles. The van der Waals surface area contributed by atoms with Gasteiger partial charge in [0.05, 0.1) is 0 Å². The summed E-state index contributed by atoms with van der Waals surface area (Å²) < 4.78 is 0. The molecule has 90 valence electrons. The Hall–Kier alpha value is 0.170. The van der Waals surface area contributed by atoms with Crippen molar-refractivity contribution in [2.75, 3.05) is 0 Å². The molecule has 0 saturated carbocycles. The Balaban J connectivity index is 2.86. The molecule has 0 nitrogen and oxygen atoms in total. The van der Waals surface area contributed by atoms with Crippen LogP contribution in [-0.2, 0) is 0 Å². The molecule has 1 unspecified atom stereocenters. The van der Waals surface area contributed by atoms with Gasteiger partial charge >= 0.3 is 0 Å². The topological polar surface area (TPSA) is 0 Å². The van der Waals surface area contributed by atoms with Gasteiger partial charge in [-0.25, -0.2) is 0 Å². The average molecular weight is 228 g/mol. The molecule has 0 amide bonds. The SMILES string of the molecule is CCCCCCCCCCCCC=CP. The molecule has 0 spiro atoms. The van der Waals surface area contributed by atoms with Crippen molar-refractivity contribution in [2.45, 2.75) is 77.6 Å². The van der Waals surface area contributed by atoms with Crippen LogP contribution in [0.2, 0.25) is 0 Å². The highest BCUT2D eigenvalue weighted by Crippen LogP contribution is 2.11. The lowest BCUT2D eigenvalue weighted by Crippen LogP contribution is -1.81. The molecule has 0 aliphatic rings. The van der Waals surface area contributed by atoms with Crippen molar-refractivity contribution in [3.05, 3.63) is 11.9 Å². The van der Waals surface area contributed by atoms with Crippen LogP contribution in [0.4, 0.5) is 0 Å². The van der Waals surface area contributed by atoms with Gasteiger partial charge in [-0.3, -0.25) is 0 Å². The number of allylic oxidation sites excluding steroid dienone is 1. The lowest BCUT2D eigenvalue weighted by molar-refractivity contribution is 0.557. The maximum atomic E-state index is 2.63. The van der Waals surface area contributed by atoms with E-state index in [1.165, 1.54) is 70.6 Å². The molecule has 0 saturated heterocycles.